The van der Waals surface area contributed by atoms with Crippen LogP contribution in [0.3, 0.4) is 0 Å². The molecule has 0 radical (unpaired) electrons. The Labute approximate surface area is 101 Å². The predicted octanol–water partition coefficient (Wildman–Crippen LogP) is 2.82. The molecule has 3 rings (SSSR count). The van der Waals surface area contributed by atoms with E-state index < -0.39 is 0 Å². The summed E-state index contributed by atoms with van der Waals surface area (Å²) in [5.41, 5.74) is 2.56. The Morgan fingerprint density at radius 3 is 2.71 bits per heavy atom. The van der Waals surface area contributed by atoms with Gasteiger partial charge in [-0.2, -0.15) is 0 Å². The van der Waals surface area contributed by atoms with E-state index in [2.05, 4.69) is 33.1 Å². The van der Waals surface area contributed by atoms with Crippen molar-refractivity contribution in [3.05, 3.63) is 54.6 Å². The van der Waals surface area contributed by atoms with Crippen molar-refractivity contribution in [1.29, 1.82) is 0 Å². The van der Waals surface area contributed by atoms with Gasteiger partial charge in [-0.15, -0.1) is 0 Å². The van der Waals surface area contributed by atoms with E-state index in [4.69, 9.17) is 0 Å². The fraction of sp³-hybridized carbons (Fsp3) is 0.286. The van der Waals surface area contributed by atoms with Crippen LogP contribution in [0, 0.1) is 0 Å². The molecule has 1 aliphatic heterocycles. The molecule has 1 atom stereocenters. The maximum Gasteiger partial charge on any atom is 0.0558 e. The second-order valence-electron chi connectivity index (χ2n) is 4.34. The van der Waals surface area contributed by atoms with E-state index in [0.29, 0.717) is 6.04 Å². The predicted molar refractivity (Wildman–Crippen MR) is 67.8 cm³/mol. The van der Waals surface area contributed by atoms with Gasteiger partial charge in [0.15, 0.2) is 0 Å². The van der Waals surface area contributed by atoms with E-state index in [9.17, 15) is 0 Å². The van der Waals surface area contributed by atoms with Crippen LogP contribution in [-0.4, -0.2) is 16.5 Å². The highest BCUT2D eigenvalue weighted by molar-refractivity contribution is 5.48. The lowest BCUT2D eigenvalue weighted by molar-refractivity contribution is 0.715. The number of anilines is 1. The van der Waals surface area contributed by atoms with E-state index in [-0.39, 0.29) is 0 Å². The van der Waals surface area contributed by atoms with Crippen LogP contribution in [0.1, 0.15) is 24.4 Å². The number of hydrogen-bond acceptors (Lipinski definition) is 3. The molecule has 2 aromatic rings. The van der Waals surface area contributed by atoms with Crippen LogP contribution in [-0.2, 0) is 0 Å². The summed E-state index contributed by atoms with van der Waals surface area (Å²) < 4.78 is 0. The monoisotopic (exact) mass is 225 g/mol. The van der Waals surface area contributed by atoms with Gasteiger partial charge in [-0.25, -0.2) is 0 Å². The largest absolute Gasteiger partial charge is 0.364 e. The fourth-order valence-corrected chi connectivity index (χ4v) is 2.53. The van der Waals surface area contributed by atoms with Gasteiger partial charge in [0.05, 0.1) is 6.04 Å². The summed E-state index contributed by atoms with van der Waals surface area (Å²) in [7, 11) is 0. The van der Waals surface area contributed by atoms with Crippen LogP contribution in [0.4, 0.5) is 5.69 Å². The Balaban J connectivity index is 1.91. The van der Waals surface area contributed by atoms with Gasteiger partial charge in [0.25, 0.3) is 0 Å². The first-order chi connectivity index (χ1) is 8.45. The lowest BCUT2D eigenvalue weighted by Gasteiger charge is -2.26. The Kier molecular flexibility index (Phi) is 2.74. The molecule has 0 aromatic carbocycles. The number of aromatic nitrogens is 2. The summed E-state index contributed by atoms with van der Waals surface area (Å²) in [6.45, 7) is 1.11. The average Bonchev–Trinajstić information content (AvgIpc) is 2.90. The second-order valence-corrected chi connectivity index (χ2v) is 4.34. The van der Waals surface area contributed by atoms with E-state index in [1.54, 1.807) is 0 Å². The average molecular weight is 225 g/mol. The topological polar surface area (TPSA) is 29.0 Å². The van der Waals surface area contributed by atoms with E-state index >= 15 is 0 Å². The molecule has 1 fully saturated rings. The normalized spacial score (nSPS) is 19.5. The van der Waals surface area contributed by atoms with Crippen molar-refractivity contribution in [2.24, 2.45) is 0 Å². The second kappa shape index (κ2) is 4.53. The molecule has 0 N–H and O–H groups in total. The third-order valence-corrected chi connectivity index (χ3v) is 3.32. The van der Waals surface area contributed by atoms with Gasteiger partial charge in [0, 0.05) is 37.0 Å². The van der Waals surface area contributed by atoms with Crippen LogP contribution in [0.2, 0.25) is 0 Å². The maximum atomic E-state index is 4.22. The molecule has 1 unspecified atom stereocenters. The smallest absolute Gasteiger partial charge is 0.0558 e. The summed E-state index contributed by atoms with van der Waals surface area (Å²) in [5.74, 6) is 0. The summed E-state index contributed by atoms with van der Waals surface area (Å²) in [6.07, 6.45) is 9.96. The molecule has 1 aliphatic rings. The van der Waals surface area contributed by atoms with Crippen LogP contribution in [0.25, 0.3) is 0 Å². The lowest BCUT2D eigenvalue weighted by Crippen LogP contribution is -2.22. The standard InChI is InChI=1S/C14H15N3/c1-3-12(11-16-7-1)14-4-2-10-17(14)13-5-8-15-9-6-13/h1,3,5-9,11,14H,2,4,10H2. The zero-order valence-corrected chi connectivity index (χ0v) is 9.66. The molecular formula is C14H15N3. The molecule has 3 heteroatoms. The minimum Gasteiger partial charge on any atom is -0.364 e. The first-order valence-electron chi connectivity index (χ1n) is 6.02. The van der Waals surface area contributed by atoms with Crippen LogP contribution in [0.5, 0.6) is 0 Å². The molecule has 0 bridgehead atoms. The maximum absolute atomic E-state index is 4.22. The van der Waals surface area contributed by atoms with Crippen molar-refractivity contribution >= 4 is 5.69 Å². The van der Waals surface area contributed by atoms with Crippen molar-refractivity contribution in [3.63, 3.8) is 0 Å². The Morgan fingerprint density at radius 2 is 1.94 bits per heavy atom. The Morgan fingerprint density at radius 1 is 1.06 bits per heavy atom. The molecule has 2 aromatic heterocycles. The molecule has 1 saturated heterocycles. The fourth-order valence-electron chi connectivity index (χ4n) is 2.53. The number of nitrogens with zero attached hydrogens (tertiary/aromatic N) is 3. The van der Waals surface area contributed by atoms with Crippen molar-refractivity contribution < 1.29 is 0 Å². The summed E-state index contributed by atoms with van der Waals surface area (Å²) in [4.78, 5) is 10.7. The SMILES string of the molecule is c1cncc(C2CCCN2c2ccncc2)c1. The van der Waals surface area contributed by atoms with Crippen molar-refractivity contribution in [2.75, 3.05) is 11.4 Å². The molecule has 0 saturated carbocycles. The van der Waals surface area contributed by atoms with Gasteiger partial charge in [0.2, 0.25) is 0 Å². The van der Waals surface area contributed by atoms with Gasteiger partial charge in [-0.3, -0.25) is 9.97 Å². The quantitative estimate of drug-likeness (QED) is 0.787. The summed E-state index contributed by atoms with van der Waals surface area (Å²) in [5, 5.41) is 0. The summed E-state index contributed by atoms with van der Waals surface area (Å²) >= 11 is 0. The van der Waals surface area contributed by atoms with Gasteiger partial charge >= 0.3 is 0 Å². The highest BCUT2D eigenvalue weighted by atomic mass is 15.2. The molecule has 17 heavy (non-hydrogen) atoms. The molecule has 0 spiro atoms. The third kappa shape index (κ3) is 2.00. The van der Waals surface area contributed by atoms with Crippen LogP contribution in [0.15, 0.2) is 49.1 Å². The van der Waals surface area contributed by atoms with Crippen molar-refractivity contribution in [3.8, 4) is 0 Å². The van der Waals surface area contributed by atoms with E-state index in [1.807, 2.05) is 30.9 Å². The molecule has 0 amide bonds. The minimum absolute atomic E-state index is 0.464. The third-order valence-electron chi connectivity index (χ3n) is 3.32. The molecule has 86 valence electrons. The van der Waals surface area contributed by atoms with E-state index in [0.717, 1.165) is 6.54 Å². The minimum atomic E-state index is 0.464. The number of hydrogen-bond donors (Lipinski definition) is 0. The van der Waals surface area contributed by atoms with Crippen molar-refractivity contribution in [1.82, 2.24) is 9.97 Å². The first kappa shape index (κ1) is 10.3. The van der Waals surface area contributed by atoms with Gasteiger partial charge in [-0.05, 0) is 36.6 Å². The van der Waals surface area contributed by atoms with Crippen LogP contribution >= 0.6 is 0 Å². The Bertz CT molecular complexity index is 424. The molecular weight excluding hydrogens is 210 g/mol. The van der Waals surface area contributed by atoms with Crippen molar-refractivity contribution in [2.45, 2.75) is 18.9 Å². The Hall–Kier alpha value is -1.90. The zero-order valence-electron chi connectivity index (χ0n) is 9.66. The molecule has 3 nitrogen and oxygen atoms in total. The highest BCUT2D eigenvalue weighted by Crippen LogP contribution is 2.35. The first-order valence-corrected chi connectivity index (χ1v) is 6.02. The van der Waals surface area contributed by atoms with E-state index in [1.165, 1.54) is 24.1 Å². The highest BCUT2D eigenvalue weighted by Gasteiger charge is 2.25. The number of rotatable bonds is 2. The summed E-state index contributed by atoms with van der Waals surface area (Å²) in [6, 6.07) is 8.80. The molecule has 3 heterocycles. The number of pyridine rings is 2. The van der Waals surface area contributed by atoms with Gasteiger partial charge in [0.1, 0.15) is 0 Å². The van der Waals surface area contributed by atoms with Crippen LogP contribution < -0.4 is 4.90 Å². The lowest BCUT2D eigenvalue weighted by atomic mass is 10.1. The molecule has 0 aliphatic carbocycles. The van der Waals surface area contributed by atoms with Gasteiger partial charge in [-0.1, -0.05) is 6.07 Å². The zero-order chi connectivity index (χ0) is 11.5. The van der Waals surface area contributed by atoms with Gasteiger partial charge < -0.3 is 4.90 Å².